The Labute approximate surface area is 117 Å². The van der Waals surface area contributed by atoms with Crippen molar-refractivity contribution >= 4 is 11.5 Å². The predicted molar refractivity (Wildman–Crippen MR) is 69.7 cm³/mol. The smallest absolute Gasteiger partial charge is 0.378 e. The van der Waals surface area contributed by atoms with E-state index in [2.05, 4.69) is 10.3 Å². The zero-order valence-corrected chi connectivity index (χ0v) is 10.6. The molecule has 110 valence electrons. The average Bonchev–Trinajstić information content (AvgIpc) is 2.45. The van der Waals surface area contributed by atoms with Gasteiger partial charge in [-0.1, -0.05) is 12.1 Å². The Hall–Kier alpha value is -2.64. The summed E-state index contributed by atoms with van der Waals surface area (Å²) in [6, 6.07) is 7.59. The highest BCUT2D eigenvalue weighted by molar-refractivity contribution is 5.44. The van der Waals surface area contributed by atoms with Gasteiger partial charge >= 0.3 is 12.0 Å². The average molecular weight is 297 g/mol. The highest BCUT2D eigenvalue weighted by atomic mass is 19.4. The van der Waals surface area contributed by atoms with Crippen molar-refractivity contribution in [1.82, 2.24) is 4.98 Å². The topological polar surface area (TPSA) is 68.1 Å². The molecule has 0 aliphatic carbocycles. The minimum absolute atomic E-state index is 0.156. The maximum Gasteiger partial charge on any atom is 0.416 e. The van der Waals surface area contributed by atoms with E-state index in [4.69, 9.17) is 0 Å². The van der Waals surface area contributed by atoms with Gasteiger partial charge in [0.25, 0.3) is 0 Å². The molecule has 1 heterocycles. The highest BCUT2D eigenvalue weighted by Crippen LogP contribution is 2.29. The van der Waals surface area contributed by atoms with Gasteiger partial charge in [0.2, 0.25) is 0 Å². The van der Waals surface area contributed by atoms with Crippen LogP contribution in [0.5, 0.6) is 0 Å². The third kappa shape index (κ3) is 3.91. The van der Waals surface area contributed by atoms with Gasteiger partial charge in [-0.05, 0) is 33.7 Å². The number of aromatic nitrogens is 1. The van der Waals surface area contributed by atoms with Gasteiger partial charge in [-0.2, -0.15) is 13.2 Å². The van der Waals surface area contributed by atoms with E-state index in [1.807, 2.05) is 0 Å². The maximum absolute atomic E-state index is 12.6. The lowest BCUT2D eigenvalue weighted by Crippen LogP contribution is -2.07. The van der Waals surface area contributed by atoms with Crippen LogP contribution in [0.1, 0.15) is 11.1 Å². The standard InChI is InChI=1S/C13H10F3N3O2/c14-13(15,16)10-3-1-2-9(6-10)7-17-11-4-5-12(18-8-11)19(20)21/h1-6,8,17H,7H2. The molecule has 0 spiro atoms. The van der Waals surface area contributed by atoms with Gasteiger partial charge in [0.15, 0.2) is 6.20 Å². The number of pyridine rings is 1. The first-order valence-electron chi connectivity index (χ1n) is 5.87. The zero-order valence-electron chi connectivity index (χ0n) is 10.6. The first-order valence-corrected chi connectivity index (χ1v) is 5.87. The van der Waals surface area contributed by atoms with Crippen molar-refractivity contribution in [2.24, 2.45) is 0 Å². The molecule has 1 aromatic carbocycles. The van der Waals surface area contributed by atoms with Crippen molar-refractivity contribution in [3.63, 3.8) is 0 Å². The van der Waals surface area contributed by atoms with Gasteiger partial charge in [0.05, 0.1) is 11.3 Å². The molecule has 1 N–H and O–H groups in total. The van der Waals surface area contributed by atoms with Crippen LogP contribution in [0.15, 0.2) is 42.6 Å². The lowest BCUT2D eigenvalue weighted by atomic mass is 10.1. The molecular weight excluding hydrogens is 287 g/mol. The summed E-state index contributed by atoms with van der Waals surface area (Å²) in [7, 11) is 0. The molecule has 0 bridgehead atoms. The molecule has 5 nitrogen and oxygen atoms in total. The third-order valence-corrected chi connectivity index (χ3v) is 2.69. The van der Waals surface area contributed by atoms with Gasteiger partial charge < -0.3 is 15.4 Å². The number of benzene rings is 1. The molecule has 1 aromatic heterocycles. The SMILES string of the molecule is O=[N+]([O-])c1ccc(NCc2cccc(C(F)(F)F)c2)cn1. The summed E-state index contributed by atoms with van der Waals surface area (Å²) in [5.74, 6) is -0.292. The molecule has 0 amide bonds. The van der Waals surface area contributed by atoms with Crippen molar-refractivity contribution in [3.8, 4) is 0 Å². The van der Waals surface area contributed by atoms with E-state index in [0.29, 0.717) is 11.3 Å². The summed E-state index contributed by atoms with van der Waals surface area (Å²) in [6.45, 7) is 0.156. The molecular formula is C13H10F3N3O2. The minimum Gasteiger partial charge on any atom is -0.378 e. The van der Waals surface area contributed by atoms with Crippen molar-refractivity contribution in [2.75, 3.05) is 5.32 Å². The molecule has 21 heavy (non-hydrogen) atoms. The highest BCUT2D eigenvalue weighted by Gasteiger charge is 2.30. The molecule has 0 aliphatic heterocycles. The largest absolute Gasteiger partial charge is 0.416 e. The molecule has 0 unspecified atom stereocenters. The number of halogens is 3. The fraction of sp³-hybridized carbons (Fsp3) is 0.154. The van der Waals surface area contributed by atoms with E-state index in [0.717, 1.165) is 12.1 Å². The van der Waals surface area contributed by atoms with Crippen LogP contribution in [-0.2, 0) is 12.7 Å². The first-order chi connectivity index (χ1) is 9.86. The lowest BCUT2D eigenvalue weighted by molar-refractivity contribution is -0.389. The van der Waals surface area contributed by atoms with Crippen LogP contribution in [0.3, 0.4) is 0 Å². The zero-order chi connectivity index (χ0) is 15.5. The monoisotopic (exact) mass is 297 g/mol. The molecule has 0 atom stereocenters. The molecule has 0 fully saturated rings. The number of rotatable bonds is 4. The third-order valence-electron chi connectivity index (χ3n) is 2.69. The van der Waals surface area contributed by atoms with Crippen LogP contribution in [0, 0.1) is 10.1 Å². The lowest BCUT2D eigenvalue weighted by Gasteiger charge is -2.09. The minimum atomic E-state index is -4.38. The Morgan fingerprint density at radius 2 is 2.00 bits per heavy atom. The number of anilines is 1. The summed E-state index contributed by atoms with van der Waals surface area (Å²) in [5.41, 5.74) is 0.213. The van der Waals surface area contributed by atoms with Crippen LogP contribution in [0.4, 0.5) is 24.7 Å². The molecule has 2 aromatic rings. The van der Waals surface area contributed by atoms with Crippen molar-refractivity contribution in [3.05, 3.63) is 63.8 Å². The van der Waals surface area contributed by atoms with E-state index in [9.17, 15) is 23.3 Å². The molecule has 0 saturated heterocycles. The number of alkyl halides is 3. The number of hydrogen-bond donors (Lipinski definition) is 1. The van der Waals surface area contributed by atoms with Crippen LogP contribution in [0.2, 0.25) is 0 Å². The van der Waals surface area contributed by atoms with E-state index >= 15 is 0 Å². The first kappa shape index (κ1) is 14.8. The maximum atomic E-state index is 12.6. The predicted octanol–water partition coefficient (Wildman–Crippen LogP) is 3.62. The summed E-state index contributed by atoms with van der Waals surface area (Å²) in [4.78, 5) is 13.4. The van der Waals surface area contributed by atoms with Gasteiger partial charge in [-0.25, -0.2) is 0 Å². The molecule has 2 rings (SSSR count). The Morgan fingerprint density at radius 3 is 2.57 bits per heavy atom. The quantitative estimate of drug-likeness (QED) is 0.691. The normalized spacial score (nSPS) is 11.2. The Kier molecular flexibility index (Phi) is 4.06. The molecule has 0 aliphatic rings. The van der Waals surface area contributed by atoms with Crippen LogP contribution in [0.25, 0.3) is 0 Å². The summed E-state index contributed by atoms with van der Waals surface area (Å²) in [6.07, 6.45) is -3.13. The second-order valence-electron chi connectivity index (χ2n) is 4.21. The fourth-order valence-corrected chi connectivity index (χ4v) is 1.66. The van der Waals surface area contributed by atoms with Crippen LogP contribution in [-0.4, -0.2) is 9.91 Å². The number of nitrogens with zero attached hydrogens (tertiary/aromatic N) is 2. The van der Waals surface area contributed by atoms with Crippen LogP contribution < -0.4 is 5.32 Å². The van der Waals surface area contributed by atoms with Gasteiger partial charge in [-0.15, -0.1) is 0 Å². The van der Waals surface area contributed by atoms with E-state index in [-0.39, 0.29) is 12.4 Å². The Bertz CT molecular complexity index is 642. The second-order valence-corrected chi connectivity index (χ2v) is 4.21. The van der Waals surface area contributed by atoms with Crippen molar-refractivity contribution < 1.29 is 18.1 Å². The molecule has 8 heteroatoms. The van der Waals surface area contributed by atoms with E-state index < -0.39 is 16.7 Å². The fourth-order valence-electron chi connectivity index (χ4n) is 1.66. The second kappa shape index (κ2) is 5.78. The molecule has 0 radical (unpaired) electrons. The van der Waals surface area contributed by atoms with Crippen molar-refractivity contribution in [2.45, 2.75) is 12.7 Å². The Morgan fingerprint density at radius 1 is 1.24 bits per heavy atom. The van der Waals surface area contributed by atoms with Gasteiger partial charge in [-0.3, -0.25) is 0 Å². The number of nitro groups is 1. The van der Waals surface area contributed by atoms with Gasteiger partial charge in [0, 0.05) is 12.6 Å². The van der Waals surface area contributed by atoms with Crippen molar-refractivity contribution in [1.29, 1.82) is 0 Å². The number of hydrogen-bond acceptors (Lipinski definition) is 4. The van der Waals surface area contributed by atoms with E-state index in [1.165, 1.54) is 24.4 Å². The molecule has 0 saturated carbocycles. The van der Waals surface area contributed by atoms with E-state index in [1.54, 1.807) is 6.07 Å². The number of nitrogens with one attached hydrogen (secondary N) is 1. The summed E-state index contributed by atoms with van der Waals surface area (Å²) < 4.78 is 37.7. The summed E-state index contributed by atoms with van der Waals surface area (Å²) in [5, 5.41) is 13.3. The van der Waals surface area contributed by atoms with Gasteiger partial charge in [0.1, 0.15) is 0 Å². The summed E-state index contributed by atoms with van der Waals surface area (Å²) >= 11 is 0. The van der Waals surface area contributed by atoms with Crippen LogP contribution >= 0.6 is 0 Å². The Balaban J connectivity index is 2.04.